The van der Waals surface area contributed by atoms with Crippen molar-refractivity contribution in [3.63, 3.8) is 0 Å². The number of halogens is 1. The standard InChI is InChI=1S/C16H29N7O3S.HI/c1-5-22(27(4,25)26)8-6-7-18-16(17-2)21-9-10-23(15(24)13-21)14-11-19-20(3)12-14;/h11-12H,5-10,13H2,1-4H3,(H,17,18);1H. The van der Waals surface area contributed by atoms with E-state index in [2.05, 4.69) is 15.4 Å². The summed E-state index contributed by atoms with van der Waals surface area (Å²) in [6.45, 7) is 4.76. The molecule has 0 spiro atoms. The first-order valence-electron chi connectivity index (χ1n) is 8.96. The van der Waals surface area contributed by atoms with Gasteiger partial charge in [-0.25, -0.2) is 12.7 Å². The van der Waals surface area contributed by atoms with Gasteiger partial charge < -0.3 is 15.1 Å². The van der Waals surface area contributed by atoms with Gasteiger partial charge in [-0.1, -0.05) is 6.92 Å². The van der Waals surface area contributed by atoms with Crippen molar-refractivity contribution in [2.24, 2.45) is 12.0 Å². The zero-order valence-electron chi connectivity index (χ0n) is 16.8. The lowest BCUT2D eigenvalue weighted by molar-refractivity contribution is -0.120. The Morgan fingerprint density at radius 3 is 2.61 bits per heavy atom. The van der Waals surface area contributed by atoms with Gasteiger partial charge in [0.15, 0.2) is 5.96 Å². The van der Waals surface area contributed by atoms with Crippen LogP contribution < -0.4 is 10.2 Å². The Hall–Kier alpha value is -1.41. The van der Waals surface area contributed by atoms with E-state index in [4.69, 9.17) is 0 Å². The minimum Gasteiger partial charge on any atom is -0.356 e. The quantitative estimate of drug-likeness (QED) is 0.231. The smallest absolute Gasteiger partial charge is 0.246 e. The molecular weight excluding hydrogens is 497 g/mol. The minimum absolute atomic E-state index is 0. The van der Waals surface area contributed by atoms with Crippen LogP contribution in [-0.2, 0) is 21.9 Å². The average Bonchev–Trinajstić information content (AvgIpc) is 3.03. The lowest BCUT2D eigenvalue weighted by Gasteiger charge is -2.35. The molecule has 1 fully saturated rings. The van der Waals surface area contributed by atoms with Crippen LogP contribution in [0.2, 0.25) is 0 Å². The van der Waals surface area contributed by atoms with E-state index >= 15 is 0 Å². The summed E-state index contributed by atoms with van der Waals surface area (Å²) in [6.07, 6.45) is 5.38. The van der Waals surface area contributed by atoms with Crippen LogP contribution in [0.1, 0.15) is 13.3 Å². The topological polar surface area (TPSA) is 103 Å². The molecule has 10 nitrogen and oxygen atoms in total. The van der Waals surface area contributed by atoms with Gasteiger partial charge in [0.1, 0.15) is 6.54 Å². The monoisotopic (exact) mass is 527 g/mol. The van der Waals surface area contributed by atoms with Crippen LogP contribution in [0, 0.1) is 0 Å². The van der Waals surface area contributed by atoms with Crippen molar-refractivity contribution >= 4 is 51.6 Å². The molecule has 1 aromatic rings. The number of sulfonamides is 1. The highest BCUT2D eigenvalue weighted by atomic mass is 127. The van der Waals surface area contributed by atoms with Gasteiger partial charge in [0.2, 0.25) is 15.9 Å². The number of aryl methyl sites for hydroxylation is 1. The van der Waals surface area contributed by atoms with Gasteiger partial charge in [-0.15, -0.1) is 24.0 Å². The third-order valence-corrected chi connectivity index (χ3v) is 5.80. The molecule has 1 aliphatic heterocycles. The number of hydrogen-bond acceptors (Lipinski definition) is 5. The summed E-state index contributed by atoms with van der Waals surface area (Å²) in [5, 5.41) is 7.33. The molecule has 1 aliphatic rings. The van der Waals surface area contributed by atoms with E-state index in [1.54, 1.807) is 22.8 Å². The van der Waals surface area contributed by atoms with E-state index in [1.165, 1.54) is 10.6 Å². The highest BCUT2D eigenvalue weighted by Crippen LogP contribution is 2.16. The largest absolute Gasteiger partial charge is 0.356 e. The molecule has 0 unspecified atom stereocenters. The Morgan fingerprint density at radius 1 is 1.39 bits per heavy atom. The number of amides is 1. The second-order valence-corrected chi connectivity index (χ2v) is 8.40. The molecule has 28 heavy (non-hydrogen) atoms. The fourth-order valence-corrected chi connectivity index (χ4v) is 3.95. The lowest BCUT2D eigenvalue weighted by Crippen LogP contribution is -2.55. The summed E-state index contributed by atoms with van der Waals surface area (Å²) in [6, 6.07) is 0. The van der Waals surface area contributed by atoms with Crippen LogP contribution in [0.15, 0.2) is 17.4 Å². The van der Waals surface area contributed by atoms with Gasteiger partial charge >= 0.3 is 0 Å². The van der Waals surface area contributed by atoms with Crippen molar-refractivity contribution in [1.29, 1.82) is 0 Å². The van der Waals surface area contributed by atoms with Crippen LogP contribution >= 0.6 is 24.0 Å². The van der Waals surface area contributed by atoms with E-state index < -0.39 is 10.0 Å². The Labute approximate surface area is 184 Å². The van der Waals surface area contributed by atoms with Crippen molar-refractivity contribution in [1.82, 2.24) is 24.3 Å². The molecule has 1 N–H and O–H groups in total. The van der Waals surface area contributed by atoms with Crippen molar-refractivity contribution in [2.45, 2.75) is 13.3 Å². The second-order valence-electron chi connectivity index (χ2n) is 6.42. The number of carbonyl (C=O) groups is 1. The Balaban J connectivity index is 0.00000392. The number of nitrogens with one attached hydrogen (secondary N) is 1. The van der Waals surface area contributed by atoms with Gasteiger partial charge in [0.25, 0.3) is 0 Å². The molecule has 2 heterocycles. The fraction of sp³-hybridized carbons (Fsp3) is 0.688. The molecule has 1 saturated heterocycles. The van der Waals surface area contributed by atoms with Crippen molar-refractivity contribution in [3.05, 3.63) is 12.4 Å². The number of nitrogens with zero attached hydrogens (tertiary/aromatic N) is 6. The van der Waals surface area contributed by atoms with E-state index in [0.29, 0.717) is 45.1 Å². The summed E-state index contributed by atoms with van der Waals surface area (Å²) >= 11 is 0. The molecule has 1 amide bonds. The summed E-state index contributed by atoms with van der Waals surface area (Å²) < 4.78 is 26.3. The normalized spacial score (nSPS) is 15.8. The maximum absolute atomic E-state index is 12.5. The molecule has 0 aliphatic carbocycles. The highest BCUT2D eigenvalue weighted by molar-refractivity contribution is 14.0. The third-order valence-electron chi connectivity index (χ3n) is 4.42. The molecule has 0 aromatic carbocycles. The minimum atomic E-state index is -3.17. The summed E-state index contributed by atoms with van der Waals surface area (Å²) in [5.41, 5.74) is 0.797. The number of guanidine groups is 1. The first-order valence-corrected chi connectivity index (χ1v) is 10.8. The molecule has 2 rings (SSSR count). The molecule has 0 bridgehead atoms. The second kappa shape index (κ2) is 11.0. The van der Waals surface area contributed by atoms with Crippen LogP contribution in [0.5, 0.6) is 0 Å². The average molecular weight is 527 g/mol. The summed E-state index contributed by atoms with van der Waals surface area (Å²) in [5.74, 6) is 0.642. The number of aromatic nitrogens is 2. The predicted octanol–water partition coefficient (Wildman–Crippen LogP) is -0.0663. The van der Waals surface area contributed by atoms with Crippen LogP contribution in [-0.4, -0.2) is 91.8 Å². The van der Waals surface area contributed by atoms with Crippen molar-refractivity contribution < 1.29 is 13.2 Å². The summed E-state index contributed by atoms with van der Waals surface area (Å²) in [4.78, 5) is 20.4. The first kappa shape index (κ1) is 24.6. The van der Waals surface area contributed by atoms with E-state index in [1.807, 2.05) is 25.1 Å². The zero-order chi connectivity index (χ0) is 20.0. The van der Waals surface area contributed by atoms with Crippen LogP contribution in [0.25, 0.3) is 0 Å². The number of rotatable bonds is 7. The van der Waals surface area contributed by atoms with Gasteiger partial charge in [-0.2, -0.15) is 5.10 Å². The van der Waals surface area contributed by atoms with Gasteiger partial charge in [0.05, 0.1) is 18.1 Å². The third kappa shape index (κ3) is 6.58. The molecule has 12 heteroatoms. The molecule has 0 radical (unpaired) electrons. The Kier molecular flexibility index (Phi) is 9.63. The number of aliphatic imine (C=N–C) groups is 1. The highest BCUT2D eigenvalue weighted by Gasteiger charge is 2.27. The molecular formula is C16H30IN7O3S. The SMILES string of the molecule is CCN(CCCNC(=NC)N1CCN(c2cnn(C)c2)C(=O)C1)S(C)(=O)=O.I. The Morgan fingerprint density at radius 2 is 2.11 bits per heavy atom. The van der Waals surface area contributed by atoms with E-state index in [-0.39, 0.29) is 36.4 Å². The van der Waals surface area contributed by atoms with Gasteiger partial charge in [-0.3, -0.25) is 14.5 Å². The molecule has 160 valence electrons. The van der Waals surface area contributed by atoms with E-state index in [9.17, 15) is 13.2 Å². The van der Waals surface area contributed by atoms with Crippen molar-refractivity contribution in [2.75, 3.05) is 57.5 Å². The van der Waals surface area contributed by atoms with Gasteiger partial charge in [-0.05, 0) is 6.42 Å². The first-order chi connectivity index (χ1) is 12.8. The molecule has 0 saturated carbocycles. The molecule has 1 aromatic heterocycles. The van der Waals surface area contributed by atoms with Crippen LogP contribution in [0.3, 0.4) is 0 Å². The maximum atomic E-state index is 12.5. The number of hydrogen-bond donors (Lipinski definition) is 1. The number of anilines is 1. The maximum Gasteiger partial charge on any atom is 0.246 e. The lowest BCUT2D eigenvalue weighted by atomic mass is 10.3. The fourth-order valence-electron chi connectivity index (χ4n) is 3.02. The van der Waals surface area contributed by atoms with Crippen LogP contribution in [0.4, 0.5) is 5.69 Å². The number of piperazine rings is 1. The molecule has 0 atom stereocenters. The van der Waals surface area contributed by atoms with Crippen molar-refractivity contribution in [3.8, 4) is 0 Å². The summed E-state index contributed by atoms with van der Waals surface area (Å²) in [7, 11) is 0.323. The van der Waals surface area contributed by atoms with E-state index in [0.717, 1.165) is 5.69 Å². The zero-order valence-corrected chi connectivity index (χ0v) is 20.0. The number of carbonyl (C=O) groups excluding carboxylic acids is 1. The predicted molar refractivity (Wildman–Crippen MR) is 121 cm³/mol. The van der Waals surface area contributed by atoms with Gasteiger partial charge in [0, 0.05) is 53.0 Å². The Bertz CT molecular complexity index is 781.